The smallest absolute Gasteiger partial charge is 0.338 e. The van der Waals surface area contributed by atoms with E-state index in [9.17, 15) is 9.59 Å². The highest BCUT2D eigenvalue weighted by Crippen LogP contribution is 2.29. The molecule has 1 aromatic rings. The Morgan fingerprint density at radius 2 is 1.78 bits per heavy atom. The van der Waals surface area contributed by atoms with Crippen molar-refractivity contribution in [2.24, 2.45) is 11.8 Å². The number of nitrogens with one attached hydrogen (secondary N) is 1. The van der Waals surface area contributed by atoms with E-state index >= 15 is 0 Å². The number of unbranched alkanes of at least 4 members (excludes halogenated alkanes) is 1. The van der Waals surface area contributed by atoms with Crippen LogP contribution in [0.5, 0.6) is 0 Å². The normalized spacial score (nSPS) is 20.8. The first-order chi connectivity index (χ1) is 11.1. The van der Waals surface area contributed by atoms with Gasteiger partial charge in [-0.3, -0.25) is 4.79 Å². The summed E-state index contributed by atoms with van der Waals surface area (Å²) >= 11 is 0. The molecule has 0 aliphatic heterocycles. The van der Waals surface area contributed by atoms with Gasteiger partial charge in [0.1, 0.15) is 0 Å². The first-order valence-corrected chi connectivity index (χ1v) is 8.68. The van der Waals surface area contributed by atoms with Crippen molar-refractivity contribution < 1.29 is 14.3 Å². The van der Waals surface area contributed by atoms with Crippen LogP contribution in [-0.2, 0) is 9.53 Å². The van der Waals surface area contributed by atoms with Gasteiger partial charge in [-0.15, -0.1) is 0 Å². The predicted molar refractivity (Wildman–Crippen MR) is 91.4 cm³/mol. The van der Waals surface area contributed by atoms with Crippen LogP contribution in [0.1, 0.15) is 62.7 Å². The first-order valence-electron chi connectivity index (χ1n) is 8.68. The highest BCUT2D eigenvalue weighted by Gasteiger charge is 2.24. The van der Waals surface area contributed by atoms with Gasteiger partial charge in [-0.2, -0.15) is 0 Å². The van der Waals surface area contributed by atoms with Gasteiger partial charge < -0.3 is 10.1 Å². The van der Waals surface area contributed by atoms with E-state index in [-0.39, 0.29) is 17.8 Å². The number of esters is 1. The second-order valence-corrected chi connectivity index (χ2v) is 6.51. The zero-order chi connectivity index (χ0) is 16.7. The molecule has 4 nitrogen and oxygen atoms in total. The molecule has 0 spiro atoms. The molecule has 0 radical (unpaired) electrons. The van der Waals surface area contributed by atoms with Gasteiger partial charge in [-0.25, -0.2) is 4.79 Å². The third-order valence-electron chi connectivity index (χ3n) is 4.51. The fraction of sp³-hybridized carbons (Fsp3) is 0.579. The molecular formula is C19H27NO3. The predicted octanol–water partition coefficient (Wildman–Crippen LogP) is 4.41. The number of hydrogen-bond acceptors (Lipinski definition) is 3. The molecule has 1 fully saturated rings. The van der Waals surface area contributed by atoms with Crippen LogP contribution in [0.2, 0.25) is 0 Å². The number of rotatable bonds is 6. The van der Waals surface area contributed by atoms with E-state index in [1.165, 1.54) is 0 Å². The van der Waals surface area contributed by atoms with E-state index in [2.05, 4.69) is 19.2 Å². The topological polar surface area (TPSA) is 55.4 Å². The standard InChI is InChI=1S/C19H27NO3/c1-3-4-13-23-19(22)16-9-11-17(12-10-16)20-18(21)15-7-5-14(2)6-8-15/h9-12,14-15H,3-8,13H2,1-2H3,(H,20,21). The van der Waals surface area contributed by atoms with Crippen LogP contribution in [0.4, 0.5) is 5.69 Å². The molecule has 0 aromatic heterocycles. The van der Waals surface area contributed by atoms with Crippen LogP contribution in [0.15, 0.2) is 24.3 Å². The summed E-state index contributed by atoms with van der Waals surface area (Å²) in [6.45, 7) is 4.75. The Balaban J connectivity index is 1.84. The summed E-state index contributed by atoms with van der Waals surface area (Å²) < 4.78 is 5.17. The molecule has 1 saturated carbocycles. The van der Waals surface area contributed by atoms with Crippen LogP contribution in [0.3, 0.4) is 0 Å². The second kappa shape index (κ2) is 8.70. The largest absolute Gasteiger partial charge is 0.462 e. The lowest BCUT2D eigenvalue weighted by atomic mass is 9.82. The quantitative estimate of drug-likeness (QED) is 0.624. The zero-order valence-corrected chi connectivity index (χ0v) is 14.1. The minimum Gasteiger partial charge on any atom is -0.462 e. The Morgan fingerprint density at radius 1 is 1.13 bits per heavy atom. The van der Waals surface area contributed by atoms with Crippen molar-refractivity contribution in [2.75, 3.05) is 11.9 Å². The lowest BCUT2D eigenvalue weighted by Gasteiger charge is -2.25. The van der Waals surface area contributed by atoms with Gasteiger partial charge in [0, 0.05) is 11.6 Å². The molecule has 126 valence electrons. The molecule has 0 bridgehead atoms. The third kappa shape index (κ3) is 5.38. The summed E-state index contributed by atoms with van der Waals surface area (Å²) in [4.78, 5) is 24.1. The Labute approximate surface area is 138 Å². The maximum atomic E-state index is 12.3. The van der Waals surface area contributed by atoms with Gasteiger partial charge in [0.15, 0.2) is 0 Å². The van der Waals surface area contributed by atoms with Gasteiger partial charge in [-0.05, 0) is 62.3 Å². The van der Waals surface area contributed by atoms with E-state index < -0.39 is 0 Å². The second-order valence-electron chi connectivity index (χ2n) is 6.51. The molecule has 0 saturated heterocycles. The van der Waals surface area contributed by atoms with Crippen LogP contribution < -0.4 is 5.32 Å². The Kier molecular flexibility index (Phi) is 6.63. The molecule has 4 heteroatoms. The lowest BCUT2D eigenvalue weighted by molar-refractivity contribution is -0.121. The summed E-state index contributed by atoms with van der Waals surface area (Å²) in [6, 6.07) is 6.93. The van der Waals surface area contributed by atoms with Crippen molar-refractivity contribution in [2.45, 2.75) is 52.4 Å². The number of amides is 1. The summed E-state index contributed by atoms with van der Waals surface area (Å²) in [6.07, 6.45) is 6.06. The van der Waals surface area contributed by atoms with Crippen molar-refractivity contribution in [1.82, 2.24) is 0 Å². The Hall–Kier alpha value is -1.84. The summed E-state index contributed by atoms with van der Waals surface area (Å²) in [5.41, 5.74) is 1.25. The maximum Gasteiger partial charge on any atom is 0.338 e. The minimum atomic E-state index is -0.308. The van der Waals surface area contributed by atoms with Crippen molar-refractivity contribution in [1.29, 1.82) is 0 Å². The third-order valence-corrected chi connectivity index (χ3v) is 4.51. The molecule has 1 N–H and O–H groups in total. The van der Waals surface area contributed by atoms with E-state index in [1.54, 1.807) is 24.3 Å². The van der Waals surface area contributed by atoms with Crippen molar-refractivity contribution in [3.05, 3.63) is 29.8 Å². The minimum absolute atomic E-state index is 0.0928. The average Bonchev–Trinajstić information content (AvgIpc) is 2.56. The van der Waals surface area contributed by atoms with Crippen LogP contribution in [0.25, 0.3) is 0 Å². The molecule has 0 heterocycles. The fourth-order valence-electron chi connectivity index (χ4n) is 2.85. The van der Waals surface area contributed by atoms with Crippen LogP contribution >= 0.6 is 0 Å². The van der Waals surface area contributed by atoms with Crippen molar-refractivity contribution in [3.8, 4) is 0 Å². The van der Waals surface area contributed by atoms with E-state index in [0.717, 1.165) is 50.1 Å². The molecule has 1 amide bonds. The van der Waals surface area contributed by atoms with Crippen LogP contribution in [-0.4, -0.2) is 18.5 Å². The SMILES string of the molecule is CCCCOC(=O)c1ccc(NC(=O)C2CCC(C)CC2)cc1. The molecule has 0 atom stereocenters. The number of carbonyl (C=O) groups excluding carboxylic acids is 2. The average molecular weight is 317 g/mol. The Morgan fingerprint density at radius 3 is 2.39 bits per heavy atom. The first kappa shape index (κ1) is 17.5. The van der Waals surface area contributed by atoms with E-state index in [4.69, 9.17) is 4.74 Å². The van der Waals surface area contributed by atoms with Gasteiger partial charge in [0.05, 0.1) is 12.2 Å². The number of benzene rings is 1. The zero-order valence-electron chi connectivity index (χ0n) is 14.1. The molecule has 0 unspecified atom stereocenters. The summed E-state index contributed by atoms with van der Waals surface area (Å²) in [7, 11) is 0. The van der Waals surface area contributed by atoms with Crippen molar-refractivity contribution >= 4 is 17.6 Å². The molecule has 1 aliphatic carbocycles. The fourth-order valence-corrected chi connectivity index (χ4v) is 2.85. The van der Waals surface area contributed by atoms with Gasteiger partial charge in [-0.1, -0.05) is 20.3 Å². The van der Waals surface area contributed by atoms with E-state index in [1.807, 2.05) is 0 Å². The monoisotopic (exact) mass is 317 g/mol. The number of ether oxygens (including phenoxy) is 1. The molecule has 23 heavy (non-hydrogen) atoms. The maximum absolute atomic E-state index is 12.3. The lowest BCUT2D eigenvalue weighted by Crippen LogP contribution is -2.26. The summed E-state index contributed by atoms with van der Waals surface area (Å²) in [5.74, 6) is 0.634. The highest BCUT2D eigenvalue weighted by atomic mass is 16.5. The number of hydrogen-bond donors (Lipinski definition) is 1. The number of anilines is 1. The Bertz CT molecular complexity index is 516. The van der Waals surface area contributed by atoms with Gasteiger partial charge >= 0.3 is 5.97 Å². The molecule has 2 rings (SSSR count). The van der Waals surface area contributed by atoms with Gasteiger partial charge in [0.2, 0.25) is 5.91 Å². The van der Waals surface area contributed by atoms with Gasteiger partial charge in [0.25, 0.3) is 0 Å². The van der Waals surface area contributed by atoms with Crippen molar-refractivity contribution in [3.63, 3.8) is 0 Å². The summed E-state index contributed by atoms with van der Waals surface area (Å²) in [5, 5.41) is 2.95. The van der Waals surface area contributed by atoms with E-state index in [0.29, 0.717) is 12.2 Å². The molecule has 1 aliphatic rings. The molecular weight excluding hydrogens is 290 g/mol. The molecule has 1 aromatic carbocycles. The highest BCUT2D eigenvalue weighted by molar-refractivity contribution is 5.94. The number of carbonyl (C=O) groups is 2. The van der Waals surface area contributed by atoms with Crippen LogP contribution in [0, 0.1) is 11.8 Å².